The molecule has 0 bridgehead atoms. The molecule has 1 aliphatic heterocycles. The first-order valence-electron chi connectivity index (χ1n) is 4.53. The van der Waals surface area contributed by atoms with Crippen molar-refractivity contribution in [3.8, 4) is 0 Å². The highest BCUT2D eigenvalue weighted by Crippen LogP contribution is 2.36. The molecule has 7 nitrogen and oxygen atoms in total. The number of carbonyl (C=O) groups excluding carboxylic acids is 1. The van der Waals surface area contributed by atoms with Gasteiger partial charge in [-0.1, -0.05) is 0 Å². The summed E-state index contributed by atoms with van der Waals surface area (Å²) in [5.41, 5.74) is 0. The van der Waals surface area contributed by atoms with Crippen molar-refractivity contribution in [2.75, 3.05) is 6.61 Å². The van der Waals surface area contributed by atoms with Gasteiger partial charge in [0.2, 0.25) is 0 Å². The van der Waals surface area contributed by atoms with Crippen molar-refractivity contribution < 1.29 is 34.7 Å². The predicted molar refractivity (Wildman–Crippen MR) is 53.4 cm³/mol. The van der Waals surface area contributed by atoms with Crippen LogP contribution in [0.2, 0.25) is 0 Å². The van der Waals surface area contributed by atoms with Gasteiger partial charge < -0.3 is 29.9 Å². The normalized spacial score (nSPS) is 44.1. The number of hydrogen-bond acceptors (Lipinski definition) is 7. The summed E-state index contributed by atoms with van der Waals surface area (Å²) < 4.78 is 7.69. The fourth-order valence-corrected chi connectivity index (χ4v) is 2.12. The van der Waals surface area contributed by atoms with Crippen LogP contribution in [-0.4, -0.2) is 62.1 Å². The highest BCUT2D eigenvalue weighted by molar-refractivity contribution is 9.10. The zero-order chi connectivity index (χ0) is 12.5. The predicted octanol–water partition coefficient (Wildman–Crippen LogP) is -1.93. The van der Waals surface area contributed by atoms with Gasteiger partial charge in [-0.2, -0.15) is 0 Å². The van der Waals surface area contributed by atoms with E-state index in [0.717, 1.165) is 6.92 Å². The van der Waals surface area contributed by atoms with E-state index in [4.69, 9.17) is 9.84 Å². The Bertz CT molecular complexity index is 271. The Balaban J connectivity index is 2.89. The van der Waals surface area contributed by atoms with Crippen molar-refractivity contribution in [3.05, 3.63) is 0 Å². The molecule has 1 heterocycles. The van der Waals surface area contributed by atoms with E-state index in [-0.39, 0.29) is 0 Å². The summed E-state index contributed by atoms with van der Waals surface area (Å²) in [5.74, 6) is -0.754. The third kappa shape index (κ3) is 2.53. The van der Waals surface area contributed by atoms with Crippen LogP contribution in [0.4, 0.5) is 0 Å². The number of halogens is 1. The third-order valence-electron chi connectivity index (χ3n) is 2.18. The summed E-state index contributed by atoms with van der Waals surface area (Å²) >= 11 is 2.81. The van der Waals surface area contributed by atoms with Gasteiger partial charge in [-0.25, -0.2) is 0 Å². The van der Waals surface area contributed by atoms with E-state index in [1.807, 2.05) is 0 Å². The molecule has 0 amide bonds. The highest BCUT2D eigenvalue weighted by atomic mass is 79.9. The Morgan fingerprint density at radius 3 is 2.44 bits per heavy atom. The number of aliphatic hydroxyl groups is 4. The summed E-state index contributed by atoms with van der Waals surface area (Å²) in [6, 6.07) is 0. The van der Waals surface area contributed by atoms with Crippen LogP contribution in [0.1, 0.15) is 6.92 Å². The standard InChI is InChI=1S/C8H13BrO7/c1-3(11)15-8(9)7(14)6(13)5(12)4(2-10)16-8/h4-7,10,12-14H,2H2,1H3/t4-,5+,6+,7-,8-/m1/s1. The van der Waals surface area contributed by atoms with Gasteiger partial charge in [-0.3, -0.25) is 4.79 Å². The summed E-state index contributed by atoms with van der Waals surface area (Å²) in [7, 11) is 0. The third-order valence-corrected chi connectivity index (χ3v) is 3.00. The minimum absolute atomic E-state index is 0.598. The maximum atomic E-state index is 10.8. The zero-order valence-corrected chi connectivity index (χ0v) is 9.99. The second-order valence-corrected chi connectivity index (χ2v) is 4.55. The van der Waals surface area contributed by atoms with E-state index >= 15 is 0 Å². The van der Waals surface area contributed by atoms with Gasteiger partial charge in [0.1, 0.15) is 18.3 Å². The minimum atomic E-state index is -1.97. The Kier molecular flexibility index (Phi) is 4.27. The number of ether oxygens (including phenoxy) is 2. The quantitative estimate of drug-likeness (QED) is 0.347. The average molecular weight is 301 g/mol. The van der Waals surface area contributed by atoms with E-state index in [9.17, 15) is 20.1 Å². The molecule has 0 aromatic carbocycles. The lowest BCUT2D eigenvalue weighted by molar-refractivity contribution is -0.306. The topological polar surface area (TPSA) is 116 Å². The number of aliphatic hydroxyl groups excluding tert-OH is 4. The van der Waals surface area contributed by atoms with Gasteiger partial charge in [-0.15, -0.1) is 0 Å². The van der Waals surface area contributed by atoms with Crippen LogP contribution in [0.15, 0.2) is 0 Å². The van der Waals surface area contributed by atoms with Crippen molar-refractivity contribution in [1.82, 2.24) is 0 Å². The lowest BCUT2D eigenvalue weighted by Gasteiger charge is -2.43. The van der Waals surface area contributed by atoms with E-state index in [1.54, 1.807) is 0 Å². The van der Waals surface area contributed by atoms with Crippen molar-refractivity contribution in [3.63, 3.8) is 0 Å². The summed E-state index contributed by atoms with van der Waals surface area (Å²) in [5, 5.41) is 37.4. The fraction of sp³-hybridized carbons (Fsp3) is 0.875. The molecule has 0 radical (unpaired) electrons. The first kappa shape index (κ1) is 13.8. The second-order valence-electron chi connectivity index (χ2n) is 3.44. The second kappa shape index (κ2) is 4.94. The molecule has 0 aromatic heterocycles. The molecular weight excluding hydrogens is 288 g/mol. The summed E-state index contributed by atoms with van der Waals surface area (Å²) in [6.45, 7) is 0.490. The number of rotatable bonds is 2. The van der Waals surface area contributed by atoms with Gasteiger partial charge in [0.25, 0.3) is 4.70 Å². The van der Waals surface area contributed by atoms with Crippen LogP contribution in [0, 0.1) is 0 Å². The van der Waals surface area contributed by atoms with Crippen LogP contribution in [-0.2, 0) is 14.3 Å². The van der Waals surface area contributed by atoms with E-state index < -0.39 is 41.7 Å². The lowest BCUT2D eigenvalue weighted by Crippen LogP contribution is -2.63. The van der Waals surface area contributed by atoms with Gasteiger partial charge in [-0.05, 0) is 15.9 Å². The maximum Gasteiger partial charge on any atom is 0.305 e. The molecule has 0 saturated carbocycles. The Morgan fingerprint density at radius 2 is 2.00 bits per heavy atom. The molecule has 0 spiro atoms. The molecule has 1 aliphatic rings. The molecule has 1 fully saturated rings. The van der Waals surface area contributed by atoms with E-state index in [0.29, 0.717) is 0 Å². The smallest absolute Gasteiger partial charge is 0.305 e. The van der Waals surface area contributed by atoms with Crippen LogP contribution < -0.4 is 0 Å². The lowest BCUT2D eigenvalue weighted by atomic mass is 9.99. The number of carbonyl (C=O) groups is 1. The molecule has 16 heavy (non-hydrogen) atoms. The largest absolute Gasteiger partial charge is 0.420 e. The van der Waals surface area contributed by atoms with Crippen molar-refractivity contribution in [2.45, 2.75) is 36.0 Å². The molecule has 0 aliphatic carbocycles. The average Bonchev–Trinajstić information content (AvgIpc) is 2.20. The maximum absolute atomic E-state index is 10.8. The Morgan fingerprint density at radius 1 is 1.44 bits per heavy atom. The SMILES string of the molecule is CC(=O)O[C@@]1(Br)O[C@H](CO)[C@H](O)[C@H](O)[C@H]1O. The first-order chi connectivity index (χ1) is 7.31. The Hall–Kier alpha value is -0.250. The molecule has 8 heteroatoms. The van der Waals surface area contributed by atoms with Crippen LogP contribution >= 0.6 is 15.9 Å². The van der Waals surface area contributed by atoms with Crippen molar-refractivity contribution in [2.24, 2.45) is 0 Å². The number of hydrogen-bond donors (Lipinski definition) is 4. The van der Waals surface area contributed by atoms with Crippen molar-refractivity contribution in [1.29, 1.82) is 0 Å². The fourth-order valence-electron chi connectivity index (χ4n) is 1.38. The van der Waals surface area contributed by atoms with E-state index in [2.05, 4.69) is 20.7 Å². The molecular formula is C8H13BrO7. The Labute approximate surface area is 99.7 Å². The molecule has 0 unspecified atom stereocenters. The van der Waals surface area contributed by atoms with Gasteiger partial charge >= 0.3 is 5.97 Å². The summed E-state index contributed by atoms with van der Waals surface area (Å²) in [6.07, 6.45) is -5.92. The zero-order valence-electron chi connectivity index (χ0n) is 8.41. The number of esters is 1. The monoisotopic (exact) mass is 300 g/mol. The minimum Gasteiger partial charge on any atom is -0.420 e. The van der Waals surface area contributed by atoms with Gasteiger partial charge in [0, 0.05) is 6.92 Å². The van der Waals surface area contributed by atoms with Crippen LogP contribution in [0.25, 0.3) is 0 Å². The summed E-state index contributed by atoms with van der Waals surface area (Å²) in [4.78, 5) is 10.8. The molecule has 1 rings (SSSR count). The molecule has 5 atom stereocenters. The molecule has 0 aromatic rings. The van der Waals surface area contributed by atoms with E-state index in [1.165, 1.54) is 0 Å². The van der Waals surface area contributed by atoms with Crippen LogP contribution in [0.5, 0.6) is 0 Å². The van der Waals surface area contributed by atoms with Gasteiger partial charge in [0.15, 0.2) is 6.10 Å². The highest BCUT2D eigenvalue weighted by Gasteiger charge is 2.54. The molecule has 4 N–H and O–H groups in total. The van der Waals surface area contributed by atoms with Crippen LogP contribution in [0.3, 0.4) is 0 Å². The number of alkyl halides is 1. The first-order valence-corrected chi connectivity index (χ1v) is 5.32. The van der Waals surface area contributed by atoms with Gasteiger partial charge in [0.05, 0.1) is 6.61 Å². The van der Waals surface area contributed by atoms with Crippen molar-refractivity contribution >= 4 is 21.9 Å². The molecule has 94 valence electrons. The molecule has 1 saturated heterocycles.